The first-order chi connectivity index (χ1) is 11.0. The molecule has 1 atom stereocenters. The van der Waals surface area contributed by atoms with Crippen molar-refractivity contribution in [1.29, 1.82) is 0 Å². The first-order valence-electron chi connectivity index (χ1n) is 8.18. The third-order valence-corrected chi connectivity index (χ3v) is 5.10. The van der Waals surface area contributed by atoms with E-state index in [2.05, 4.69) is 14.5 Å². The molecule has 0 spiro atoms. The minimum Gasteiger partial charge on any atom is -0.335 e. The quantitative estimate of drug-likeness (QED) is 0.834. The molecule has 0 unspecified atom stereocenters. The molecule has 1 aliphatic heterocycles. The summed E-state index contributed by atoms with van der Waals surface area (Å²) < 4.78 is 16.6. The van der Waals surface area contributed by atoms with Gasteiger partial charge in [0.25, 0.3) is 0 Å². The molecule has 2 heterocycles. The maximum absolute atomic E-state index is 14.3. The van der Waals surface area contributed by atoms with Gasteiger partial charge >= 0.3 is 0 Å². The first kappa shape index (κ1) is 16.5. The highest BCUT2D eigenvalue weighted by atomic mass is 35.5. The second-order valence-corrected chi connectivity index (χ2v) is 6.93. The smallest absolute Gasteiger partial charge is 0.132 e. The Labute approximate surface area is 142 Å². The second kappa shape index (κ2) is 7.02. The Morgan fingerprint density at radius 3 is 2.91 bits per heavy atom. The van der Waals surface area contributed by atoms with E-state index in [4.69, 9.17) is 11.6 Å². The van der Waals surface area contributed by atoms with Gasteiger partial charge < -0.3 is 4.57 Å². The van der Waals surface area contributed by atoms with Gasteiger partial charge in [-0.1, -0.05) is 17.7 Å². The predicted molar refractivity (Wildman–Crippen MR) is 91.1 cm³/mol. The molecule has 0 bridgehead atoms. The molecule has 0 saturated carbocycles. The number of rotatable bonds is 4. The minimum atomic E-state index is -0.162. The number of aryl methyl sites for hydroxylation is 2. The zero-order valence-corrected chi connectivity index (χ0v) is 14.5. The molecular formula is C18H23ClFN3. The fourth-order valence-corrected chi connectivity index (χ4v) is 3.61. The normalized spacial score (nSPS) is 19.2. The molecule has 1 aromatic carbocycles. The van der Waals surface area contributed by atoms with Gasteiger partial charge in [-0.05, 0) is 50.8 Å². The lowest BCUT2D eigenvalue weighted by Gasteiger charge is -2.33. The van der Waals surface area contributed by atoms with Gasteiger partial charge in [0.1, 0.15) is 11.6 Å². The summed E-state index contributed by atoms with van der Waals surface area (Å²) in [5.41, 5.74) is 1.29. The fourth-order valence-electron chi connectivity index (χ4n) is 3.40. The summed E-state index contributed by atoms with van der Waals surface area (Å²) in [4.78, 5) is 6.61. The van der Waals surface area contributed by atoms with Crippen molar-refractivity contribution >= 4 is 11.6 Å². The Balaban J connectivity index is 1.67. The molecule has 124 valence electrons. The van der Waals surface area contributed by atoms with Crippen LogP contribution in [0.15, 0.2) is 24.5 Å². The summed E-state index contributed by atoms with van der Waals surface area (Å²) in [6.45, 7) is 7.36. The lowest BCUT2D eigenvalue weighted by molar-refractivity contribution is 0.154. The maximum Gasteiger partial charge on any atom is 0.132 e. The van der Waals surface area contributed by atoms with E-state index in [-0.39, 0.29) is 5.82 Å². The van der Waals surface area contributed by atoms with E-state index >= 15 is 0 Å². The highest BCUT2D eigenvalue weighted by Gasteiger charge is 2.22. The van der Waals surface area contributed by atoms with Crippen molar-refractivity contribution in [3.63, 3.8) is 0 Å². The van der Waals surface area contributed by atoms with Crippen LogP contribution in [0.4, 0.5) is 4.39 Å². The van der Waals surface area contributed by atoms with Gasteiger partial charge in [-0.15, -0.1) is 0 Å². The van der Waals surface area contributed by atoms with E-state index < -0.39 is 0 Å². The number of aromatic nitrogens is 2. The maximum atomic E-state index is 14.3. The Morgan fingerprint density at radius 1 is 1.35 bits per heavy atom. The van der Waals surface area contributed by atoms with Crippen LogP contribution in [0, 0.1) is 25.6 Å². The molecule has 3 rings (SSSR count). The number of hydrogen-bond acceptors (Lipinski definition) is 2. The van der Waals surface area contributed by atoms with Gasteiger partial charge in [0, 0.05) is 42.6 Å². The van der Waals surface area contributed by atoms with Crippen LogP contribution in [0.2, 0.25) is 5.02 Å². The highest BCUT2D eigenvalue weighted by molar-refractivity contribution is 6.31. The molecule has 0 aliphatic carbocycles. The Hall–Kier alpha value is -1.39. The van der Waals surface area contributed by atoms with Crippen LogP contribution in [0.3, 0.4) is 0 Å². The van der Waals surface area contributed by atoms with Crippen molar-refractivity contribution in [3.05, 3.63) is 52.3 Å². The second-order valence-electron chi connectivity index (χ2n) is 6.53. The summed E-state index contributed by atoms with van der Waals surface area (Å²) in [6.07, 6.45) is 6.23. The van der Waals surface area contributed by atoms with Crippen molar-refractivity contribution < 1.29 is 4.39 Å². The third-order valence-electron chi connectivity index (χ3n) is 4.74. The number of likely N-dealkylation sites (tertiary alicyclic amines) is 1. The van der Waals surface area contributed by atoms with Gasteiger partial charge in [0.15, 0.2) is 0 Å². The molecule has 23 heavy (non-hydrogen) atoms. The van der Waals surface area contributed by atoms with Crippen LogP contribution in [-0.2, 0) is 13.1 Å². The monoisotopic (exact) mass is 335 g/mol. The standard InChI is InChI=1S/C18H23ClFN3/c1-13-5-6-17(19)16(18(13)20)12-22-8-3-4-15(10-22)11-23-9-7-21-14(23)2/h5-7,9,15H,3-4,8,10-12H2,1-2H3/t15-/m1/s1. The molecule has 1 aliphatic rings. The highest BCUT2D eigenvalue weighted by Crippen LogP contribution is 2.26. The fraction of sp³-hybridized carbons (Fsp3) is 0.500. The van der Waals surface area contributed by atoms with E-state index in [0.717, 1.165) is 31.9 Å². The number of nitrogens with zero attached hydrogens (tertiary/aromatic N) is 3. The van der Waals surface area contributed by atoms with Gasteiger partial charge in [0.2, 0.25) is 0 Å². The molecule has 5 heteroatoms. The summed E-state index contributed by atoms with van der Waals surface area (Å²) >= 11 is 6.21. The zero-order chi connectivity index (χ0) is 16.4. The topological polar surface area (TPSA) is 21.1 Å². The number of hydrogen-bond donors (Lipinski definition) is 0. The van der Waals surface area contributed by atoms with Crippen molar-refractivity contribution in [2.24, 2.45) is 5.92 Å². The number of benzene rings is 1. The van der Waals surface area contributed by atoms with Crippen LogP contribution in [0.5, 0.6) is 0 Å². The van der Waals surface area contributed by atoms with Crippen LogP contribution in [0.1, 0.15) is 29.8 Å². The van der Waals surface area contributed by atoms with Gasteiger partial charge in [-0.3, -0.25) is 4.90 Å². The Bertz CT molecular complexity index is 683. The lowest BCUT2D eigenvalue weighted by atomic mass is 9.97. The minimum absolute atomic E-state index is 0.162. The molecule has 0 radical (unpaired) electrons. The van der Waals surface area contributed by atoms with Crippen molar-refractivity contribution in [1.82, 2.24) is 14.5 Å². The van der Waals surface area contributed by atoms with Gasteiger partial charge in [0.05, 0.1) is 0 Å². The summed E-state index contributed by atoms with van der Waals surface area (Å²) in [5.74, 6) is 1.46. The van der Waals surface area contributed by atoms with Crippen LogP contribution in [-0.4, -0.2) is 27.5 Å². The summed E-state index contributed by atoms with van der Waals surface area (Å²) in [5, 5.41) is 0.528. The van der Waals surface area contributed by atoms with Crippen molar-refractivity contribution in [3.8, 4) is 0 Å². The molecule has 0 N–H and O–H groups in total. The van der Waals surface area contributed by atoms with E-state index in [1.807, 2.05) is 19.3 Å². The summed E-state index contributed by atoms with van der Waals surface area (Å²) in [6, 6.07) is 3.54. The number of imidazole rings is 1. The van der Waals surface area contributed by atoms with Gasteiger partial charge in [-0.2, -0.15) is 0 Å². The Morgan fingerprint density at radius 2 is 2.17 bits per heavy atom. The molecule has 3 nitrogen and oxygen atoms in total. The van der Waals surface area contributed by atoms with Crippen molar-refractivity contribution in [2.75, 3.05) is 13.1 Å². The first-order valence-corrected chi connectivity index (χ1v) is 8.56. The van der Waals surface area contributed by atoms with Gasteiger partial charge in [-0.25, -0.2) is 9.37 Å². The molecule has 1 saturated heterocycles. The third kappa shape index (κ3) is 3.75. The van der Waals surface area contributed by atoms with E-state index in [1.165, 1.54) is 6.42 Å². The number of piperidine rings is 1. The predicted octanol–water partition coefficient (Wildman–Crippen LogP) is 4.20. The molecule has 1 fully saturated rings. The van der Waals surface area contributed by atoms with E-state index in [0.29, 0.717) is 28.6 Å². The zero-order valence-electron chi connectivity index (χ0n) is 13.7. The Kier molecular flexibility index (Phi) is 5.02. The largest absolute Gasteiger partial charge is 0.335 e. The SMILES string of the molecule is Cc1ccc(Cl)c(CN2CCC[C@@H](Cn3ccnc3C)C2)c1F. The van der Waals surface area contributed by atoms with Crippen LogP contribution >= 0.6 is 11.6 Å². The van der Waals surface area contributed by atoms with Crippen LogP contribution in [0.25, 0.3) is 0 Å². The molecule has 2 aromatic rings. The van der Waals surface area contributed by atoms with Crippen LogP contribution < -0.4 is 0 Å². The van der Waals surface area contributed by atoms with E-state index in [1.54, 1.807) is 19.1 Å². The van der Waals surface area contributed by atoms with E-state index in [9.17, 15) is 4.39 Å². The lowest BCUT2D eigenvalue weighted by Crippen LogP contribution is -2.37. The molecular weight excluding hydrogens is 313 g/mol. The molecule has 1 aromatic heterocycles. The van der Waals surface area contributed by atoms with Crippen molar-refractivity contribution in [2.45, 2.75) is 39.8 Å². The summed E-state index contributed by atoms with van der Waals surface area (Å²) in [7, 11) is 0. The number of halogens is 2. The molecule has 0 amide bonds. The average molecular weight is 336 g/mol. The average Bonchev–Trinajstić information content (AvgIpc) is 2.93.